The largest absolute Gasteiger partial charge is 0.372 e. The minimum atomic E-state index is -2.60. The van der Waals surface area contributed by atoms with Crippen LogP contribution < -0.4 is 15.5 Å². The zero-order valence-corrected chi connectivity index (χ0v) is 17.9. The number of rotatable bonds is 9. The third-order valence-corrected chi connectivity index (χ3v) is 4.00. The standard InChI is InChI=1S/C18H26F2N6.HI/c1-3-25(15-8-5-4-6-9-15)12-7-10-23-18(21-2)24-14-16-22-11-13-26(16)17(19)20;/h4-6,8-9,11,13,17H,3,7,10,12,14H2,1-2H3,(H2,21,23,24);1H. The highest BCUT2D eigenvalue weighted by Crippen LogP contribution is 2.13. The Morgan fingerprint density at radius 3 is 2.63 bits per heavy atom. The summed E-state index contributed by atoms with van der Waals surface area (Å²) in [6.07, 6.45) is 3.55. The lowest BCUT2D eigenvalue weighted by atomic mass is 10.2. The van der Waals surface area contributed by atoms with Crippen molar-refractivity contribution in [3.05, 3.63) is 48.5 Å². The van der Waals surface area contributed by atoms with Gasteiger partial charge in [0.2, 0.25) is 0 Å². The monoisotopic (exact) mass is 492 g/mol. The molecular formula is C18H27F2IN6. The summed E-state index contributed by atoms with van der Waals surface area (Å²) in [4.78, 5) is 10.4. The molecule has 0 radical (unpaired) electrons. The van der Waals surface area contributed by atoms with Gasteiger partial charge in [0.25, 0.3) is 0 Å². The molecule has 1 aromatic carbocycles. The highest BCUT2D eigenvalue weighted by atomic mass is 127. The number of alkyl halides is 2. The summed E-state index contributed by atoms with van der Waals surface area (Å²) in [6, 6.07) is 10.3. The Bertz CT molecular complexity index is 678. The molecule has 0 aliphatic heterocycles. The Kier molecular flexibility index (Phi) is 10.7. The maximum atomic E-state index is 12.8. The van der Waals surface area contributed by atoms with Crippen molar-refractivity contribution < 1.29 is 8.78 Å². The molecule has 2 aromatic rings. The van der Waals surface area contributed by atoms with Crippen LogP contribution in [0.15, 0.2) is 47.7 Å². The number of hydrogen-bond donors (Lipinski definition) is 2. The molecule has 0 aliphatic rings. The summed E-state index contributed by atoms with van der Waals surface area (Å²) in [5, 5.41) is 6.21. The van der Waals surface area contributed by atoms with Crippen molar-refractivity contribution in [2.24, 2.45) is 4.99 Å². The van der Waals surface area contributed by atoms with E-state index in [1.165, 1.54) is 18.1 Å². The summed E-state index contributed by atoms with van der Waals surface area (Å²) in [7, 11) is 1.65. The summed E-state index contributed by atoms with van der Waals surface area (Å²) < 4.78 is 26.5. The van der Waals surface area contributed by atoms with E-state index in [0.717, 1.165) is 30.6 Å². The van der Waals surface area contributed by atoms with Crippen LogP contribution in [0.5, 0.6) is 0 Å². The molecule has 0 atom stereocenters. The van der Waals surface area contributed by atoms with Gasteiger partial charge in [-0.05, 0) is 25.5 Å². The highest BCUT2D eigenvalue weighted by Gasteiger charge is 2.11. The summed E-state index contributed by atoms with van der Waals surface area (Å²) in [5.41, 5.74) is 1.20. The van der Waals surface area contributed by atoms with Crippen molar-refractivity contribution in [2.45, 2.75) is 26.4 Å². The van der Waals surface area contributed by atoms with E-state index in [9.17, 15) is 8.78 Å². The van der Waals surface area contributed by atoms with Crippen molar-refractivity contribution >= 4 is 35.6 Å². The minimum Gasteiger partial charge on any atom is -0.372 e. The number of hydrogen-bond acceptors (Lipinski definition) is 3. The second kappa shape index (κ2) is 12.5. The van der Waals surface area contributed by atoms with Crippen molar-refractivity contribution in [1.29, 1.82) is 0 Å². The fraction of sp³-hybridized carbons (Fsp3) is 0.444. The van der Waals surface area contributed by atoms with Crippen LogP contribution in [0.2, 0.25) is 0 Å². The fourth-order valence-corrected chi connectivity index (χ4v) is 2.63. The summed E-state index contributed by atoms with van der Waals surface area (Å²) >= 11 is 0. The Morgan fingerprint density at radius 2 is 2.00 bits per heavy atom. The van der Waals surface area contributed by atoms with Crippen LogP contribution in [-0.2, 0) is 6.54 Å². The van der Waals surface area contributed by atoms with E-state index in [1.807, 2.05) is 18.2 Å². The molecule has 0 saturated heterocycles. The van der Waals surface area contributed by atoms with E-state index >= 15 is 0 Å². The third kappa shape index (κ3) is 7.31. The van der Waals surface area contributed by atoms with Crippen molar-refractivity contribution in [3.63, 3.8) is 0 Å². The molecule has 0 unspecified atom stereocenters. The second-order valence-electron chi connectivity index (χ2n) is 5.65. The number of guanidine groups is 1. The van der Waals surface area contributed by atoms with E-state index in [1.54, 1.807) is 7.05 Å². The van der Waals surface area contributed by atoms with E-state index in [4.69, 9.17) is 0 Å². The molecule has 0 amide bonds. The average Bonchev–Trinajstić information content (AvgIpc) is 3.14. The maximum Gasteiger partial charge on any atom is 0.319 e. The number of benzene rings is 1. The number of aromatic nitrogens is 2. The first-order chi connectivity index (χ1) is 12.7. The molecule has 2 N–H and O–H groups in total. The maximum absolute atomic E-state index is 12.8. The zero-order valence-electron chi connectivity index (χ0n) is 15.6. The molecule has 0 saturated carbocycles. The van der Waals surface area contributed by atoms with Gasteiger partial charge >= 0.3 is 6.55 Å². The lowest BCUT2D eigenvalue weighted by Crippen LogP contribution is -2.39. The van der Waals surface area contributed by atoms with Gasteiger partial charge in [-0.3, -0.25) is 9.56 Å². The number of nitrogens with zero attached hydrogens (tertiary/aromatic N) is 4. The van der Waals surface area contributed by atoms with Crippen LogP contribution in [0.4, 0.5) is 14.5 Å². The number of nitrogens with one attached hydrogen (secondary N) is 2. The van der Waals surface area contributed by atoms with Gasteiger partial charge in [0.05, 0.1) is 6.54 Å². The smallest absolute Gasteiger partial charge is 0.319 e. The Hall–Kier alpha value is -1.91. The topological polar surface area (TPSA) is 57.5 Å². The molecule has 0 fully saturated rings. The van der Waals surface area contributed by atoms with Gasteiger partial charge in [-0.25, -0.2) is 4.98 Å². The lowest BCUT2D eigenvalue weighted by Gasteiger charge is -2.23. The molecule has 0 spiro atoms. The lowest BCUT2D eigenvalue weighted by molar-refractivity contribution is 0.0668. The molecule has 1 aromatic heterocycles. The Labute approximate surface area is 176 Å². The number of halogens is 3. The van der Waals surface area contributed by atoms with Crippen molar-refractivity contribution in [2.75, 3.05) is 31.6 Å². The molecular weight excluding hydrogens is 465 g/mol. The molecule has 0 aliphatic carbocycles. The first-order valence-corrected chi connectivity index (χ1v) is 8.70. The number of imidazole rings is 1. The van der Waals surface area contributed by atoms with Gasteiger partial charge in [-0.2, -0.15) is 8.78 Å². The van der Waals surface area contributed by atoms with E-state index in [2.05, 4.69) is 44.6 Å². The van der Waals surface area contributed by atoms with Gasteiger partial charge in [0.15, 0.2) is 5.96 Å². The van der Waals surface area contributed by atoms with Gasteiger partial charge in [-0.1, -0.05) is 18.2 Å². The SMILES string of the molecule is CCN(CCCNC(=NC)NCc1nccn1C(F)F)c1ccccc1.I. The fourth-order valence-electron chi connectivity index (χ4n) is 2.63. The quantitative estimate of drug-likeness (QED) is 0.244. The van der Waals surface area contributed by atoms with Crippen LogP contribution >= 0.6 is 24.0 Å². The molecule has 1 heterocycles. The molecule has 2 rings (SSSR count). The van der Waals surface area contributed by atoms with Gasteiger partial charge in [0.1, 0.15) is 5.82 Å². The number of aliphatic imine (C=N–C) groups is 1. The second-order valence-corrected chi connectivity index (χ2v) is 5.65. The van der Waals surface area contributed by atoms with Crippen molar-refractivity contribution in [3.8, 4) is 0 Å². The highest BCUT2D eigenvalue weighted by molar-refractivity contribution is 14.0. The predicted octanol–water partition coefficient (Wildman–Crippen LogP) is 3.48. The molecule has 150 valence electrons. The number of anilines is 1. The van der Waals surface area contributed by atoms with E-state index in [-0.39, 0.29) is 36.3 Å². The third-order valence-electron chi connectivity index (χ3n) is 4.00. The molecule has 27 heavy (non-hydrogen) atoms. The first-order valence-electron chi connectivity index (χ1n) is 8.70. The van der Waals surface area contributed by atoms with E-state index < -0.39 is 6.55 Å². The summed E-state index contributed by atoms with van der Waals surface area (Å²) in [6.45, 7) is 2.30. The predicted molar refractivity (Wildman–Crippen MR) is 116 cm³/mol. The normalized spacial score (nSPS) is 11.2. The Balaban J connectivity index is 0.00000364. The number of para-hydroxylation sites is 1. The van der Waals surface area contributed by atoms with Crippen molar-refractivity contribution in [1.82, 2.24) is 20.2 Å². The van der Waals surface area contributed by atoms with Crippen LogP contribution in [0.3, 0.4) is 0 Å². The minimum absolute atomic E-state index is 0. The van der Waals surface area contributed by atoms with Crippen LogP contribution in [0, 0.1) is 0 Å². The summed E-state index contributed by atoms with van der Waals surface area (Å²) in [5.74, 6) is 0.834. The van der Waals surface area contributed by atoms with Crippen LogP contribution in [0.1, 0.15) is 25.7 Å². The molecule has 9 heteroatoms. The molecule has 6 nitrogen and oxygen atoms in total. The van der Waals surface area contributed by atoms with Crippen LogP contribution in [-0.4, -0.2) is 42.2 Å². The Morgan fingerprint density at radius 1 is 1.26 bits per heavy atom. The average molecular weight is 492 g/mol. The van der Waals surface area contributed by atoms with E-state index in [0.29, 0.717) is 5.96 Å². The zero-order chi connectivity index (χ0) is 18.8. The van der Waals surface area contributed by atoms with Gasteiger partial charge in [0, 0.05) is 44.8 Å². The van der Waals surface area contributed by atoms with Gasteiger partial charge in [-0.15, -0.1) is 24.0 Å². The van der Waals surface area contributed by atoms with Crippen LogP contribution in [0.25, 0.3) is 0 Å². The molecule has 0 bridgehead atoms. The van der Waals surface area contributed by atoms with Gasteiger partial charge < -0.3 is 15.5 Å². The first kappa shape index (κ1) is 23.1.